The van der Waals surface area contributed by atoms with Crippen molar-refractivity contribution in [3.63, 3.8) is 0 Å². The van der Waals surface area contributed by atoms with Gasteiger partial charge < -0.3 is 4.90 Å². The Morgan fingerprint density at radius 3 is 2.68 bits per heavy atom. The second-order valence-corrected chi connectivity index (χ2v) is 16.6. The van der Waals surface area contributed by atoms with Gasteiger partial charge in [0, 0.05) is 34.4 Å². The van der Waals surface area contributed by atoms with Gasteiger partial charge in [0.05, 0.1) is 10.7 Å². The first-order valence-electron chi connectivity index (χ1n) is 17.6. The van der Waals surface area contributed by atoms with Gasteiger partial charge in [0.25, 0.3) is 5.01 Å². The monoisotopic (exact) mass is 673 g/mol. The maximum Gasteiger partial charge on any atom is 0.263 e. The molecule has 0 saturated carbocycles. The molecule has 2 nitrogen and oxygen atoms in total. The minimum atomic E-state index is 0.695. The van der Waals surface area contributed by atoms with Gasteiger partial charge in [-0.25, -0.2) is 0 Å². The van der Waals surface area contributed by atoms with E-state index in [-0.39, 0.29) is 0 Å². The molecule has 47 heavy (non-hydrogen) atoms. The Hall–Kier alpha value is -2.99. The Morgan fingerprint density at radius 1 is 0.957 bits per heavy atom. The standard InChI is InChI=1S/C42H45N2S3/c1-4-5-9-20-43-37-19-18-33(30-11-7-6-8-12-30)25-38(37)46-40(43)23-29-14-15-31-16-17-32(28(2)36(31)22-29)26-41-44-21-10-13-34-24-35(45-3)27-39(47-41)42(34)44/h6-8,11-12,18-19,22-27,31H,4-5,9-10,13-17,20-21H2,1-3H3/q+1. The first-order chi connectivity index (χ1) is 23.1. The highest BCUT2D eigenvalue weighted by Gasteiger charge is 2.31. The first-order valence-corrected chi connectivity index (χ1v) is 20.5. The van der Waals surface area contributed by atoms with Crippen LogP contribution in [0, 0.1) is 5.92 Å². The largest absolute Gasteiger partial charge is 0.335 e. The molecule has 3 aromatic carbocycles. The molecule has 0 fully saturated rings. The molecule has 0 radical (unpaired) electrons. The number of thiazole rings is 1. The predicted octanol–water partition coefficient (Wildman–Crippen LogP) is 12.0. The van der Waals surface area contributed by atoms with Gasteiger partial charge in [-0.2, -0.15) is 4.57 Å². The highest BCUT2D eigenvalue weighted by molar-refractivity contribution is 8.03. The number of hydrogen-bond acceptors (Lipinski definition) is 4. The van der Waals surface area contributed by atoms with Crippen LogP contribution in [0.25, 0.3) is 27.4 Å². The summed E-state index contributed by atoms with van der Waals surface area (Å²) in [4.78, 5) is 5.39. The molecule has 2 aliphatic heterocycles. The number of nitrogens with zero attached hydrogens (tertiary/aromatic N) is 2. The molecule has 4 aromatic rings. The van der Waals surface area contributed by atoms with E-state index in [1.165, 1.54) is 121 Å². The number of thioether (sulfide) groups is 2. The maximum absolute atomic E-state index is 2.62. The highest BCUT2D eigenvalue weighted by atomic mass is 32.2. The van der Waals surface area contributed by atoms with Crippen LogP contribution in [-0.4, -0.2) is 12.8 Å². The lowest BCUT2D eigenvalue weighted by Crippen LogP contribution is -2.38. The third-order valence-corrected chi connectivity index (χ3v) is 13.5. The zero-order valence-electron chi connectivity index (χ0n) is 28.0. The molecule has 1 atom stereocenters. The Balaban J connectivity index is 1.12. The Bertz CT molecular complexity index is 1960. The van der Waals surface area contributed by atoms with E-state index in [0.29, 0.717) is 5.92 Å². The van der Waals surface area contributed by atoms with E-state index in [1.807, 2.05) is 34.9 Å². The molecule has 3 heterocycles. The molecule has 240 valence electrons. The molecule has 0 N–H and O–H groups in total. The molecule has 5 heteroatoms. The summed E-state index contributed by atoms with van der Waals surface area (Å²) in [5.74, 6) is 0.695. The fourth-order valence-electron chi connectivity index (χ4n) is 8.04. The molecular formula is C42H45N2S3+. The number of aromatic nitrogens is 1. The summed E-state index contributed by atoms with van der Waals surface area (Å²) >= 11 is 5.84. The van der Waals surface area contributed by atoms with Crippen molar-refractivity contribution in [3.05, 3.63) is 111 Å². The summed E-state index contributed by atoms with van der Waals surface area (Å²) in [6, 6.07) is 22.7. The zero-order chi connectivity index (χ0) is 31.9. The SMILES string of the molecule is CCCCCN1C(=CC2=CC3=C(C)C(=Cc4sc5cc(SC)cc6c5[n+]4CCC6)CCC3CC2)Sc2cc(-c3ccccc3)ccc21. The number of anilines is 1. The van der Waals surface area contributed by atoms with Crippen molar-refractivity contribution in [1.82, 2.24) is 0 Å². The number of fused-ring (bicyclic) bond motifs is 2. The minimum Gasteiger partial charge on any atom is -0.335 e. The van der Waals surface area contributed by atoms with Crippen molar-refractivity contribution in [2.24, 2.45) is 5.92 Å². The Kier molecular flexibility index (Phi) is 8.98. The average Bonchev–Trinajstić information content (AvgIpc) is 3.64. The van der Waals surface area contributed by atoms with Gasteiger partial charge in [0.15, 0.2) is 6.54 Å². The maximum atomic E-state index is 2.62. The van der Waals surface area contributed by atoms with Gasteiger partial charge in [-0.1, -0.05) is 85.3 Å². The van der Waals surface area contributed by atoms with Crippen molar-refractivity contribution in [1.29, 1.82) is 0 Å². The van der Waals surface area contributed by atoms with E-state index in [4.69, 9.17) is 0 Å². The lowest BCUT2D eigenvalue weighted by atomic mass is 9.74. The van der Waals surface area contributed by atoms with Crippen LogP contribution in [0.15, 0.2) is 110 Å². The summed E-state index contributed by atoms with van der Waals surface area (Å²) in [6.07, 6.45) is 21.0. The number of rotatable bonds is 8. The Labute approximate surface area is 293 Å². The van der Waals surface area contributed by atoms with Crippen LogP contribution >= 0.6 is 34.9 Å². The number of allylic oxidation sites excluding steroid dienone is 6. The van der Waals surface area contributed by atoms with Crippen LogP contribution < -0.4 is 9.47 Å². The van der Waals surface area contributed by atoms with Gasteiger partial charge in [-0.15, -0.1) is 11.8 Å². The molecule has 0 amide bonds. The van der Waals surface area contributed by atoms with E-state index in [9.17, 15) is 0 Å². The fourth-order valence-corrected chi connectivity index (χ4v) is 11.1. The van der Waals surface area contributed by atoms with E-state index >= 15 is 0 Å². The van der Waals surface area contributed by atoms with Crippen molar-refractivity contribution in [3.8, 4) is 11.1 Å². The number of unbranched alkanes of at least 4 members (excludes halogenated alkanes) is 2. The average molecular weight is 674 g/mol. The van der Waals surface area contributed by atoms with Gasteiger partial charge in [-0.05, 0) is 121 Å². The summed E-state index contributed by atoms with van der Waals surface area (Å²) in [7, 11) is 0. The van der Waals surface area contributed by atoms with E-state index in [2.05, 4.69) is 108 Å². The fraction of sp³-hybridized carbons (Fsp3) is 0.357. The third kappa shape index (κ3) is 6.09. The molecule has 8 rings (SSSR count). The van der Waals surface area contributed by atoms with Gasteiger partial charge in [0.2, 0.25) is 5.52 Å². The van der Waals surface area contributed by atoms with Crippen molar-refractivity contribution < 1.29 is 4.57 Å². The molecule has 0 bridgehead atoms. The lowest BCUT2D eigenvalue weighted by molar-refractivity contribution is -0.671. The van der Waals surface area contributed by atoms with Gasteiger partial charge >= 0.3 is 0 Å². The van der Waals surface area contributed by atoms with Crippen LogP contribution in [0.4, 0.5) is 5.69 Å². The number of benzene rings is 3. The van der Waals surface area contributed by atoms with Crippen LogP contribution in [-0.2, 0) is 13.0 Å². The van der Waals surface area contributed by atoms with Crippen molar-refractivity contribution in [2.45, 2.75) is 88.0 Å². The summed E-state index contributed by atoms with van der Waals surface area (Å²) < 4.78 is 4.08. The Morgan fingerprint density at radius 2 is 1.83 bits per heavy atom. The third-order valence-electron chi connectivity index (χ3n) is 10.6. The summed E-state index contributed by atoms with van der Waals surface area (Å²) in [6.45, 7) is 6.94. The smallest absolute Gasteiger partial charge is 0.263 e. The van der Waals surface area contributed by atoms with Crippen LogP contribution in [0.1, 0.15) is 75.8 Å². The highest BCUT2D eigenvalue weighted by Crippen LogP contribution is 2.49. The number of hydrogen-bond donors (Lipinski definition) is 0. The normalized spacial score (nSPS) is 20.7. The molecule has 0 saturated heterocycles. The summed E-state index contributed by atoms with van der Waals surface area (Å²) in [5, 5.41) is 2.84. The van der Waals surface area contributed by atoms with Crippen LogP contribution in [0.2, 0.25) is 0 Å². The van der Waals surface area contributed by atoms with E-state index < -0.39 is 0 Å². The van der Waals surface area contributed by atoms with Crippen molar-refractivity contribution >= 4 is 56.8 Å². The molecular weight excluding hydrogens is 629 g/mol. The quantitative estimate of drug-likeness (QED) is 0.104. The molecule has 0 spiro atoms. The van der Waals surface area contributed by atoms with Crippen LogP contribution in [0.3, 0.4) is 0 Å². The number of aryl methyl sites for hydroxylation is 2. The first kappa shape index (κ1) is 31.3. The van der Waals surface area contributed by atoms with Crippen LogP contribution in [0.5, 0.6) is 0 Å². The molecule has 2 aliphatic carbocycles. The molecule has 4 aliphatic rings. The second kappa shape index (κ2) is 13.5. The lowest BCUT2D eigenvalue weighted by Gasteiger charge is -2.31. The van der Waals surface area contributed by atoms with Crippen molar-refractivity contribution in [2.75, 3.05) is 17.7 Å². The summed E-state index contributed by atoms with van der Waals surface area (Å²) in [5.41, 5.74) is 13.2. The topological polar surface area (TPSA) is 7.12 Å². The van der Waals surface area contributed by atoms with Gasteiger partial charge in [0.1, 0.15) is 4.70 Å². The van der Waals surface area contributed by atoms with E-state index in [0.717, 1.165) is 13.1 Å². The zero-order valence-corrected chi connectivity index (χ0v) is 30.4. The minimum absolute atomic E-state index is 0.695. The molecule has 1 aromatic heterocycles. The van der Waals surface area contributed by atoms with Gasteiger partial charge in [-0.3, -0.25) is 0 Å². The predicted molar refractivity (Wildman–Crippen MR) is 206 cm³/mol. The van der Waals surface area contributed by atoms with E-state index in [1.54, 1.807) is 11.1 Å². The second-order valence-electron chi connectivity index (χ2n) is 13.6. The molecule has 1 unspecified atom stereocenters.